The molecule has 1 aliphatic rings. The standard InChI is InChI=1S/C12H17N3O4S/c1-18-12(17)7-8(13)9(10(14)16)20-11(7)15-4-6-2-3-19-5-6/h6,15H,2-5,13H2,1H3,(H2,14,16). The zero-order valence-corrected chi connectivity index (χ0v) is 11.9. The van der Waals surface area contributed by atoms with Crippen LogP contribution in [0.5, 0.6) is 0 Å². The van der Waals surface area contributed by atoms with Crippen molar-refractivity contribution < 1.29 is 19.1 Å². The summed E-state index contributed by atoms with van der Waals surface area (Å²) in [6, 6.07) is 0. The maximum Gasteiger partial charge on any atom is 0.343 e. The first-order valence-electron chi connectivity index (χ1n) is 6.16. The lowest BCUT2D eigenvalue weighted by molar-refractivity contribution is 0.0603. The van der Waals surface area contributed by atoms with Crippen LogP contribution < -0.4 is 16.8 Å². The molecule has 2 rings (SSSR count). The highest BCUT2D eigenvalue weighted by Gasteiger charge is 2.26. The normalized spacial score (nSPS) is 17.9. The molecule has 1 aromatic heterocycles. The number of anilines is 2. The average Bonchev–Trinajstić information content (AvgIpc) is 3.03. The van der Waals surface area contributed by atoms with E-state index in [0.717, 1.165) is 24.4 Å². The summed E-state index contributed by atoms with van der Waals surface area (Å²) >= 11 is 1.07. The van der Waals surface area contributed by atoms with E-state index in [-0.39, 0.29) is 16.1 Å². The van der Waals surface area contributed by atoms with Gasteiger partial charge in [-0.2, -0.15) is 0 Å². The maximum absolute atomic E-state index is 11.8. The highest BCUT2D eigenvalue weighted by atomic mass is 32.1. The van der Waals surface area contributed by atoms with Gasteiger partial charge in [-0.25, -0.2) is 4.79 Å². The average molecular weight is 299 g/mol. The Balaban J connectivity index is 2.22. The monoisotopic (exact) mass is 299 g/mol. The van der Waals surface area contributed by atoms with Gasteiger partial charge in [-0.05, 0) is 6.42 Å². The van der Waals surface area contributed by atoms with E-state index >= 15 is 0 Å². The van der Waals surface area contributed by atoms with Gasteiger partial charge in [0, 0.05) is 19.1 Å². The third-order valence-electron chi connectivity index (χ3n) is 3.13. The summed E-state index contributed by atoms with van der Waals surface area (Å²) in [5.41, 5.74) is 11.3. The fourth-order valence-electron chi connectivity index (χ4n) is 2.04. The first-order valence-corrected chi connectivity index (χ1v) is 6.98. The Kier molecular flexibility index (Phi) is 4.46. The van der Waals surface area contributed by atoms with Crippen molar-refractivity contribution in [2.45, 2.75) is 6.42 Å². The lowest BCUT2D eigenvalue weighted by Crippen LogP contribution is -2.16. The second-order valence-corrected chi connectivity index (χ2v) is 5.54. The van der Waals surface area contributed by atoms with E-state index in [1.165, 1.54) is 7.11 Å². The molecule has 2 heterocycles. The highest BCUT2D eigenvalue weighted by Crippen LogP contribution is 2.36. The molecule has 110 valence electrons. The molecule has 1 fully saturated rings. The van der Waals surface area contributed by atoms with Crippen molar-refractivity contribution in [3.63, 3.8) is 0 Å². The van der Waals surface area contributed by atoms with Gasteiger partial charge in [0.2, 0.25) is 0 Å². The molecule has 0 aromatic carbocycles. The van der Waals surface area contributed by atoms with Crippen molar-refractivity contribution in [1.29, 1.82) is 0 Å². The zero-order chi connectivity index (χ0) is 14.7. The number of thiophene rings is 1. The van der Waals surface area contributed by atoms with Crippen LogP contribution in [-0.4, -0.2) is 38.7 Å². The Bertz CT molecular complexity index is 523. The molecule has 0 saturated carbocycles. The molecule has 20 heavy (non-hydrogen) atoms. The van der Waals surface area contributed by atoms with E-state index in [1.807, 2.05) is 0 Å². The van der Waals surface area contributed by atoms with Crippen LogP contribution in [0.3, 0.4) is 0 Å². The van der Waals surface area contributed by atoms with Gasteiger partial charge >= 0.3 is 5.97 Å². The van der Waals surface area contributed by atoms with E-state index < -0.39 is 11.9 Å². The summed E-state index contributed by atoms with van der Waals surface area (Å²) in [5, 5.41) is 3.65. The quantitative estimate of drug-likeness (QED) is 0.688. The smallest absolute Gasteiger partial charge is 0.343 e. The lowest BCUT2D eigenvalue weighted by atomic mass is 10.1. The Morgan fingerprint density at radius 3 is 2.85 bits per heavy atom. The van der Waals surface area contributed by atoms with Gasteiger partial charge in [0.25, 0.3) is 5.91 Å². The van der Waals surface area contributed by atoms with Crippen LogP contribution in [-0.2, 0) is 9.47 Å². The third-order valence-corrected chi connectivity index (χ3v) is 4.31. The molecule has 0 aliphatic carbocycles. The summed E-state index contributed by atoms with van der Waals surface area (Å²) in [4.78, 5) is 23.2. The Labute approximate surface area is 120 Å². The lowest BCUT2D eigenvalue weighted by Gasteiger charge is -2.10. The van der Waals surface area contributed by atoms with Crippen molar-refractivity contribution >= 4 is 33.9 Å². The van der Waals surface area contributed by atoms with Crippen LogP contribution in [0, 0.1) is 5.92 Å². The number of hydrogen-bond donors (Lipinski definition) is 3. The number of carbonyl (C=O) groups excluding carboxylic acids is 2. The van der Waals surface area contributed by atoms with Crippen LogP contribution in [0.2, 0.25) is 0 Å². The molecule has 1 aliphatic heterocycles. The van der Waals surface area contributed by atoms with Crippen molar-refractivity contribution in [3.8, 4) is 0 Å². The van der Waals surface area contributed by atoms with Crippen LogP contribution in [0.15, 0.2) is 0 Å². The summed E-state index contributed by atoms with van der Waals surface area (Å²) < 4.78 is 9.98. The second-order valence-electron chi connectivity index (χ2n) is 4.52. The van der Waals surface area contributed by atoms with Crippen molar-refractivity contribution in [1.82, 2.24) is 0 Å². The van der Waals surface area contributed by atoms with E-state index in [2.05, 4.69) is 5.32 Å². The number of ether oxygens (including phenoxy) is 2. The Hall–Kier alpha value is -1.80. The fraction of sp³-hybridized carbons (Fsp3) is 0.500. The van der Waals surface area contributed by atoms with E-state index in [4.69, 9.17) is 20.9 Å². The molecule has 1 aromatic rings. The highest BCUT2D eigenvalue weighted by molar-refractivity contribution is 7.19. The largest absolute Gasteiger partial charge is 0.465 e. The predicted octanol–water partition coefficient (Wildman–Crippen LogP) is 0.664. The number of esters is 1. The number of hydrogen-bond acceptors (Lipinski definition) is 7. The van der Waals surface area contributed by atoms with Gasteiger partial charge in [0.15, 0.2) is 0 Å². The number of nitrogen functional groups attached to an aromatic ring is 1. The number of methoxy groups -OCH3 is 1. The Morgan fingerprint density at radius 1 is 1.55 bits per heavy atom. The SMILES string of the molecule is COC(=O)c1c(NCC2CCOC2)sc(C(N)=O)c1N. The molecule has 1 amide bonds. The summed E-state index contributed by atoms with van der Waals surface area (Å²) in [6.07, 6.45) is 0.962. The first kappa shape index (κ1) is 14.6. The molecule has 0 spiro atoms. The minimum atomic E-state index is -0.657. The van der Waals surface area contributed by atoms with Crippen LogP contribution in [0.25, 0.3) is 0 Å². The molecular weight excluding hydrogens is 282 g/mol. The van der Waals surface area contributed by atoms with Gasteiger partial charge in [0.1, 0.15) is 15.4 Å². The number of amides is 1. The molecule has 1 atom stereocenters. The number of nitrogens with one attached hydrogen (secondary N) is 1. The van der Waals surface area contributed by atoms with Crippen molar-refractivity contribution in [2.75, 3.05) is 37.9 Å². The molecule has 5 N–H and O–H groups in total. The first-order chi connectivity index (χ1) is 9.54. The van der Waals surface area contributed by atoms with E-state index in [9.17, 15) is 9.59 Å². The molecule has 0 bridgehead atoms. The zero-order valence-electron chi connectivity index (χ0n) is 11.1. The van der Waals surface area contributed by atoms with Gasteiger partial charge in [-0.1, -0.05) is 0 Å². The van der Waals surface area contributed by atoms with E-state index in [0.29, 0.717) is 24.1 Å². The molecule has 1 saturated heterocycles. The topological polar surface area (TPSA) is 117 Å². The summed E-state index contributed by atoms with van der Waals surface area (Å²) in [6.45, 7) is 2.07. The minimum absolute atomic E-state index is 0.0690. The van der Waals surface area contributed by atoms with Gasteiger partial charge in [-0.15, -0.1) is 11.3 Å². The third kappa shape index (κ3) is 2.86. The van der Waals surface area contributed by atoms with Crippen LogP contribution >= 0.6 is 11.3 Å². The number of carbonyl (C=O) groups is 2. The van der Waals surface area contributed by atoms with Crippen molar-refractivity contribution in [2.24, 2.45) is 11.7 Å². The van der Waals surface area contributed by atoms with Gasteiger partial charge in [-0.3, -0.25) is 4.79 Å². The van der Waals surface area contributed by atoms with Crippen molar-refractivity contribution in [3.05, 3.63) is 10.4 Å². The molecule has 7 nitrogen and oxygen atoms in total. The molecule has 1 unspecified atom stereocenters. The second kappa shape index (κ2) is 6.10. The summed E-state index contributed by atoms with van der Waals surface area (Å²) in [7, 11) is 1.26. The molecule has 8 heteroatoms. The van der Waals surface area contributed by atoms with Gasteiger partial charge < -0.3 is 26.3 Å². The summed E-state index contributed by atoms with van der Waals surface area (Å²) in [5.74, 6) is -0.868. The molecule has 0 radical (unpaired) electrons. The number of primary amides is 1. The minimum Gasteiger partial charge on any atom is -0.465 e. The molecular formula is C12H17N3O4S. The number of nitrogens with two attached hydrogens (primary N) is 2. The van der Waals surface area contributed by atoms with Gasteiger partial charge in [0.05, 0.1) is 19.4 Å². The van der Waals surface area contributed by atoms with Crippen LogP contribution in [0.4, 0.5) is 10.7 Å². The number of rotatable bonds is 5. The van der Waals surface area contributed by atoms with Crippen LogP contribution in [0.1, 0.15) is 26.5 Å². The Morgan fingerprint density at radius 2 is 2.30 bits per heavy atom. The predicted molar refractivity (Wildman–Crippen MR) is 76.0 cm³/mol. The van der Waals surface area contributed by atoms with E-state index in [1.54, 1.807) is 0 Å². The fourth-order valence-corrected chi connectivity index (χ4v) is 3.01. The maximum atomic E-state index is 11.8.